The molecule has 0 aliphatic rings. The molecule has 0 aliphatic carbocycles. The smallest absolute Gasteiger partial charge is 0.181 e. The maximum Gasteiger partial charge on any atom is 0.181 e. The summed E-state index contributed by atoms with van der Waals surface area (Å²) in [5.41, 5.74) is 1.91. The zero-order chi connectivity index (χ0) is 12.0. The van der Waals surface area contributed by atoms with Gasteiger partial charge in [0.15, 0.2) is 10.9 Å². The second-order valence-electron chi connectivity index (χ2n) is 3.41. The van der Waals surface area contributed by atoms with Gasteiger partial charge in [0.2, 0.25) is 0 Å². The van der Waals surface area contributed by atoms with E-state index in [4.69, 9.17) is 0 Å². The molecular formula is C12H14N2O2. The Labute approximate surface area is 93.0 Å². The highest BCUT2D eigenvalue weighted by molar-refractivity contribution is 5.01. The number of hydrogen-bond acceptors (Lipinski definition) is 2. The molecule has 2 N–H and O–H groups in total. The molecule has 2 aromatic heterocycles. The van der Waals surface area contributed by atoms with Crippen molar-refractivity contribution in [2.45, 2.75) is 13.8 Å². The lowest BCUT2D eigenvalue weighted by Crippen LogP contribution is -1.96. The van der Waals surface area contributed by atoms with Crippen molar-refractivity contribution in [3.05, 3.63) is 68.5 Å². The quantitative estimate of drug-likeness (QED) is 0.701. The van der Waals surface area contributed by atoms with Crippen LogP contribution in [0.4, 0.5) is 0 Å². The van der Waals surface area contributed by atoms with Crippen LogP contribution in [0.15, 0.2) is 46.2 Å². The van der Waals surface area contributed by atoms with E-state index in [1.807, 2.05) is 13.8 Å². The number of aromatic amines is 2. The molecule has 0 spiro atoms. The summed E-state index contributed by atoms with van der Waals surface area (Å²) in [5.74, 6) is 0. The van der Waals surface area contributed by atoms with Gasteiger partial charge in [0.05, 0.1) is 0 Å². The van der Waals surface area contributed by atoms with Crippen LogP contribution in [0.5, 0.6) is 0 Å². The van der Waals surface area contributed by atoms with Crippen molar-refractivity contribution in [2.75, 3.05) is 0 Å². The maximum atomic E-state index is 10.5. The molecule has 0 radical (unpaired) electrons. The summed E-state index contributed by atoms with van der Waals surface area (Å²) < 4.78 is 0. The van der Waals surface area contributed by atoms with Crippen molar-refractivity contribution in [2.24, 2.45) is 0 Å². The van der Waals surface area contributed by atoms with E-state index in [1.54, 1.807) is 24.5 Å². The van der Waals surface area contributed by atoms with Crippen molar-refractivity contribution < 1.29 is 0 Å². The minimum Gasteiger partial charge on any atom is -0.365 e. The van der Waals surface area contributed by atoms with E-state index in [2.05, 4.69) is 9.97 Å². The monoisotopic (exact) mass is 218 g/mol. The van der Waals surface area contributed by atoms with Gasteiger partial charge >= 0.3 is 0 Å². The number of aryl methyl sites for hydroxylation is 2. The highest BCUT2D eigenvalue weighted by atomic mass is 16.1. The van der Waals surface area contributed by atoms with Gasteiger partial charge in [0.25, 0.3) is 0 Å². The third-order valence-corrected chi connectivity index (χ3v) is 1.83. The van der Waals surface area contributed by atoms with Gasteiger partial charge in [-0.25, -0.2) is 0 Å². The summed E-state index contributed by atoms with van der Waals surface area (Å²) in [7, 11) is 0. The summed E-state index contributed by atoms with van der Waals surface area (Å²) in [6, 6.07) is 6.10. The van der Waals surface area contributed by atoms with Crippen LogP contribution in [-0.2, 0) is 0 Å². The van der Waals surface area contributed by atoms with Crippen molar-refractivity contribution in [1.82, 2.24) is 9.97 Å². The predicted molar refractivity (Wildman–Crippen MR) is 63.6 cm³/mol. The van der Waals surface area contributed by atoms with Gasteiger partial charge in [0, 0.05) is 48.0 Å². The minimum atomic E-state index is 0.0567. The molecule has 0 saturated heterocycles. The van der Waals surface area contributed by atoms with Crippen LogP contribution >= 0.6 is 0 Å². The summed E-state index contributed by atoms with van der Waals surface area (Å²) in [5, 5.41) is 0. The molecule has 16 heavy (non-hydrogen) atoms. The van der Waals surface area contributed by atoms with Gasteiger partial charge in [-0.3, -0.25) is 9.59 Å². The predicted octanol–water partition coefficient (Wildman–Crippen LogP) is 1.37. The Morgan fingerprint density at radius 1 is 0.812 bits per heavy atom. The molecule has 0 fully saturated rings. The van der Waals surface area contributed by atoms with E-state index in [1.165, 1.54) is 12.1 Å². The van der Waals surface area contributed by atoms with Crippen LogP contribution in [0.1, 0.15) is 11.4 Å². The summed E-state index contributed by atoms with van der Waals surface area (Å²) >= 11 is 0. The molecule has 0 unspecified atom stereocenters. The summed E-state index contributed by atoms with van der Waals surface area (Å²) in [6.45, 7) is 3.70. The third-order valence-electron chi connectivity index (χ3n) is 1.83. The van der Waals surface area contributed by atoms with Crippen molar-refractivity contribution in [3.8, 4) is 0 Å². The molecule has 2 heterocycles. The maximum absolute atomic E-state index is 10.5. The molecule has 2 rings (SSSR count). The molecule has 84 valence electrons. The molecular weight excluding hydrogens is 204 g/mol. The first-order valence-corrected chi connectivity index (χ1v) is 4.88. The first-order chi connectivity index (χ1) is 7.58. The van der Waals surface area contributed by atoms with E-state index < -0.39 is 0 Å². The zero-order valence-electron chi connectivity index (χ0n) is 9.28. The lowest BCUT2D eigenvalue weighted by Gasteiger charge is -1.85. The third kappa shape index (κ3) is 4.41. The number of rotatable bonds is 0. The molecule has 0 aliphatic heterocycles. The van der Waals surface area contributed by atoms with Crippen LogP contribution in [0, 0.1) is 13.8 Å². The molecule has 4 nitrogen and oxygen atoms in total. The number of pyridine rings is 2. The van der Waals surface area contributed by atoms with Crippen molar-refractivity contribution in [1.29, 1.82) is 0 Å². The van der Waals surface area contributed by atoms with Crippen molar-refractivity contribution in [3.63, 3.8) is 0 Å². The first kappa shape index (κ1) is 12.0. The molecule has 0 aromatic carbocycles. The Morgan fingerprint density at radius 2 is 1.19 bits per heavy atom. The largest absolute Gasteiger partial charge is 0.365 e. The average molecular weight is 218 g/mol. The van der Waals surface area contributed by atoms with Crippen molar-refractivity contribution >= 4 is 0 Å². The van der Waals surface area contributed by atoms with E-state index >= 15 is 0 Å². The molecule has 0 saturated carbocycles. The van der Waals surface area contributed by atoms with Crippen LogP contribution in [0.25, 0.3) is 0 Å². The molecule has 0 atom stereocenters. The van der Waals surface area contributed by atoms with Gasteiger partial charge in [-0.15, -0.1) is 0 Å². The fraction of sp³-hybridized carbons (Fsp3) is 0.167. The SMILES string of the molecule is Cc1cc(=O)cc[nH]1.Cc1cc(=O)cc[nH]1. The Kier molecular flexibility index (Phi) is 4.27. The normalized spacial score (nSPS) is 9.12. The molecule has 0 amide bonds. The van der Waals surface area contributed by atoms with Gasteiger partial charge in [0.1, 0.15) is 0 Å². The number of hydrogen-bond donors (Lipinski definition) is 2. The highest BCUT2D eigenvalue weighted by Gasteiger charge is 1.80. The Bertz CT molecular complexity index is 503. The number of H-pyrrole nitrogens is 2. The van der Waals surface area contributed by atoms with Crippen LogP contribution in [0.2, 0.25) is 0 Å². The first-order valence-electron chi connectivity index (χ1n) is 4.88. The van der Waals surface area contributed by atoms with Gasteiger partial charge in [-0.2, -0.15) is 0 Å². The molecule has 4 heteroatoms. The average Bonchev–Trinajstić information content (AvgIpc) is 2.17. The number of aromatic nitrogens is 2. The van der Waals surface area contributed by atoms with Gasteiger partial charge in [-0.05, 0) is 13.8 Å². The fourth-order valence-corrected chi connectivity index (χ4v) is 1.12. The molecule has 2 aromatic rings. The Hall–Kier alpha value is -2.10. The van der Waals surface area contributed by atoms with Crippen LogP contribution in [0.3, 0.4) is 0 Å². The molecule has 0 bridgehead atoms. The minimum absolute atomic E-state index is 0.0567. The standard InChI is InChI=1S/2C6H7NO/c2*1-5-4-6(8)2-3-7-5/h2*2-4H,1H3,(H,7,8). The number of nitrogens with one attached hydrogen (secondary N) is 2. The lowest BCUT2D eigenvalue weighted by atomic mass is 10.4. The summed E-state index contributed by atoms with van der Waals surface area (Å²) in [6.07, 6.45) is 3.27. The second-order valence-corrected chi connectivity index (χ2v) is 3.41. The Morgan fingerprint density at radius 3 is 1.38 bits per heavy atom. The van der Waals surface area contributed by atoms with Crippen LogP contribution < -0.4 is 10.9 Å². The van der Waals surface area contributed by atoms with E-state index in [0.29, 0.717) is 0 Å². The Balaban J connectivity index is 0.000000160. The van der Waals surface area contributed by atoms with E-state index in [-0.39, 0.29) is 10.9 Å². The van der Waals surface area contributed by atoms with Gasteiger partial charge < -0.3 is 9.97 Å². The van der Waals surface area contributed by atoms with E-state index in [9.17, 15) is 9.59 Å². The fourth-order valence-electron chi connectivity index (χ4n) is 1.12. The zero-order valence-corrected chi connectivity index (χ0v) is 9.28. The highest BCUT2D eigenvalue weighted by Crippen LogP contribution is 1.80. The topological polar surface area (TPSA) is 65.7 Å². The van der Waals surface area contributed by atoms with Crippen LogP contribution in [-0.4, -0.2) is 9.97 Å². The second kappa shape index (κ2) is 5.70. The summed E-state index contributed by atoms with van der Waals surface area (Å²) in [4.78, 5) is 26.7. The van der Waals surface area contributed by atoms with Gasteiger partial charge in [-0.1, -0.05) is 0 Å². The lowest BCUT2D eigenvalue weighted by molar-refractivity contribution is 1.18. The van der Waals surface area contributed by atoms with E-state index in [0.717, 1.165) is 11.4 Å².